The molecule has 1 aliphatic heterocycles. The SMILES string of the molecule is COc1cccc(-c2nc(NCCN3CCCCC3)nc3nn(-c4ccc(C(C)C)cc4)c(N)c23)c1. The Morgan fingerprint density at radius 2 is 1.81 bits per heavy atom. The van der Waals surface area contributed by atoms with Gasteiger partial charge in [0.1, 0.15) is 11.6 Å². The molecule has 0 unspecified atom stereocenters. The van der Waals surface area contributed by atoms with Gasteiger partial charge in [-0.05, 0) is 61.7 Å². The van der Waals surface area contributed by atoms with Crippen molar-refractivity contribution in [3.63, 3.8) is 0 Å². The quantitative estimate of drug-likeness (QED) is 0.359. The topological polar surface area (TPSA) is 94.1 Å². The van der Waals surface area contributed by atoms with Crippen molar-refractivity contribution >= 4 is 22.8 Å². The maximum atomic E-state index is 6.69. The van der Waals surface area contributed by atoms with E-state index in [-0.39, 0.29) is 0 Å². The first-order valence-corrected chi connectivity index (χ1v) is 12.8. The van der Waals surface area contributed by atoms with Gasteiger partial charge in [-0.2, -0.15) is 4.98 Å². The number of aromatic nitrogens is 4. The van der Waals surface area contributed by atoms with E-state index in [9.17, 15) is 0 Å². The summed E-state index contributed by atoms with van der Waals surface area (Å²) in [6.45, 7) is 8.42. The number of benzene rings is 2. The number of anilines is 2. The number of nitrogen functional groups attached to an aromatic ring is 1. The molecule has 1 fully saturated rings. The number of nitrogens with zero attached hydrogens (tertiary/aromatic N) is 5. The van der Waals surface area contributed by atoms with Gasteiger partial charge in [-0.25, -0.2) is 9.67 Å². The fraction of sp³-hybridized carbons (Fsp3) is 0.393. The molecule has 2 aromatic carbocycles. The van der Waals surface area contributed by atoms with Crippen molar-refractivity contribution in [3.05, 3.63) is 54.1 Å². The second kappa shape index (κ2) is 10.5. The Labute approximate surface area is 212 Å². The van der Waals surface area contributed by atoms with E-state index < -0.39 is 0 Å². The third kappa shape index (κ3) is 4.99. The first kappa shape index (κ1) is 24.1. The average molecular weight is 486 g/mol. The summed E-state index contributed by atoms with van der Waals surface area (Å²) in [6.07, 6.45) is 3.88. The Morgan fingerprint density at radius 3 is 2.53 bits per heavy atom. The van der Waals surface area contributed by atoms with Crippen LogP contribution in [-0.2, 0) is 0 Å². The lowest BCUT2D eigenvalue weighted by atomic mass is 10.0. The molecule has 1 aliphatic rings. The molecular weight excluding hydrogens is 450 g/mol. The van der Waals surface area contributed by atoms with Crippen LogP contribution in [-0.4, -0.2) is 57.9 Å². The Hall–Kier alpha value is -3.65. The number of fused-ring (bicyclic) bond motifs is 1. The summed E-state index contributed by atoms with van der Waals surface area (Å²) in [5.74, 6) is 2.28. The van der Waals surface area contributed by atoms with E-state index >= 15 is 0 Å². The van der Waals surface area contributed by atoms with Gasteiger partial charge >= 0.3 is 0 Å². The van der Waals surface area contributed by atoms with E-state index in [1.165, 1.54) is 24.8 Å². The van der Waals surface area contributed by atoms with Crippen molar-refractivity contribution < 1.29 is 4.74 Å². The number of nitrogens with one attached hydrogen (secondary N) is 1. The molecule has 0 bridgehead atoms. The van der Waals surface area contributed by atoms with Gasteiger partial charge in [0.25, 0.3) is 0 Å². The molecule has 8 heteroatoms. The number of rotatable bonds is 8. The fourth-order valence-corrected chi connectivity index (χ4v) is 4.78. The number of hydrogen-bond donors (Lipinski definition) is 2. The molecule has 36 heavy (non-hydrogen) atoms. The smallest absolute Gasteiger partial charge is 0.225 e. The van der Waals surface area contributed by atoms with Crippen LogP contribution in [0.1, 0.15) is 44.6 Å². The van der Waals surface area contributed by atoms with Gasteiger partial charge in [0.05, 0.1) is 23.9 Å². The molecular formula is C28H35N7O. The van der Waals surface area contributed by atoms with Crippen LogP contribution in [0, 0.1) is 0 Å². The van der Waals surface area contributed by atoms with Crippen molar-refractivity contribution in [2.75, 3.05) is 44.3 Å². The summed E-state index contributed by atoms with van der Waals surface area (Å²) in [5, 5.41) is 8.96. The van der Waals surface area contributed by atoms with Gasteiger partial charge in [-0.1, -0.05) is 44.5 Å². The van der Waals surface area contributed by atoms with Crippen LogP contribution in [0.25, 0.3) is 28.0 Å². The van der Waals surface area contributed by atoms with Gasteiger partial charge in [-0.3, -0.25) is 0 Å². The van der Waals surface area contributed by atoms with Crippen molar-refractivity contribution in [2.24, 2.45) is 0 Å². The van der Waals surface area contributed by atoms with Crippen LogP contribution in [0.15, 0.2) is 48.5 Å². The van der Waals surface area contributed by atoms with E-state index in [2.05, 4.69) is 36.2 Å². The molecule has 0 spiro atoms. The number of methoxy groups -OCH3 is 1. The maximum Gasteiger partial charge on any atom is 0.225 e. The van der Waals surface area contributed by atoms with E-state index in [0.29, 0.717) is 23.3 Å². The average Bonchev–Trinajstić information content (AvgIpc) is 3.25. The van der Waals surface area contributed by atoms with Crippen LogP contribution in [0.5, 0.6) is 5.75 Å². The summed E-state index contributed by atoms with van der Waals surface area (Å²) >= 11 is 0. The molecule has 4 aromatic rings. The van der Waals surface area contributed by atoms with Crippen molar-refractivity contribution in [1.82, 2.24) is 24.6 Å². The predicted molar refractivity (Wildman–Crippen MR) is 146 cm³/mol. The Kier molecular flexibility index (Phi) is 7.04. The second-order valence-corrected chi connectivity index (χ2v) is 9.70. The van der Waals surface area contributed by atoms with Gasteiger partial charge in [-0.15, -0.1) is 5.10 Å². The zero-order chi connectivity index (χ0) is 25.1. The summed E-state index contributed by atoms with van der Waals surface area (Å²) < 4.78 is 7.22. The largest absolute Gasteiger partial charge is 0.497 e. The molecule has 0 radical (unpaired) electrons. The summed E-state index contributed by atoms with van der Waals surface area (Å²) in [5.41, 5.74) is 11.1. The van der Waals surface area contributed by atoms with Crippen molar-refractivity contribution in [3.8, 4) is 22.7 Å². The van der Waals surface area contributed by atoms with E-state index in [4.69, 9.17) is 25.5 Å². The molecule has 1 saturated heterocycles. The molecule has 5 rings (SSSR count). The Balaban J connectivity index is 1.53. The minimum Gasteiger partial charge on any atom is -0.497 e. The molecule has 0 saturated carbocycles. The van der Waals surface area contributed by atoms with Gasteiger partial charge in [0.15, 0.2) is 5.65 Å². The third-order valence-corrected chi connectivity index (χ3v) is 6.88. The van der Waals surface area contributed by atoms with E-state index in [0.717, 1.165) is 54.3 Å². The second-order valence-electron chi connectivity index (χ2n) is 9.70. The normalized spacial score (nSPS) is 14.4. The van der Waals surface area contributed by atoms with Crippen LogP contribution in [0.4, 0.5) is 11.8 Å². The van der Waals surface area contributed by atoms with Crippen molar-refractivity contribution in [1.29, 1.82) is 0 Å². The third-order valence-electron chi connectivity index (χ3n) is 6.88. The summed E-state index contributed by atoms with van der Waals surface area (Å²) in [7, 11) is 1.66. The number of piperidine rings is 1. The zero-order valence-corrected chi connectivity index (χ0v) is 21.4. The van der Waals surface area contributed by atoms with Gasteiger partial charge in [0, 0.05) is 18.7 Å². The Bertz CT molecular complexity index is 1320. The lowest BCUT2D eigenvalue weighted by Crippen LogP contribution is -2.33. The number of nitrogens with two attached hydrogens (primary N) is 1. The van der Waals surface area contributed by atoms with Crippen LogP contribution in [0.2, 0.25) is 0 Å². The highest BCUT2D eigenvalue weighted by atomic mass is 16.5. The summed E-state index contributed by atoms with van der Waals surface area (Å²) in [4.78, 5) is 12.2. The molecule has 0 aliphatic carbocycles. The Morgan fingerprint density at radius 1 is 1.03 bits per heavy atom. The zero-order valence-electron chi connectivity index (χ0n) is 21.4. The number of likely N-dealkylation sites (tertiary alicyclic amines) is 1. The van der Waals surface area contributed by atoms with Gasteiger partial charge in [0.2, 0.25) is 5.95 Å². The number of hydrogen-bond acceptors (Lipinski definition) is 7. The summed E-state index contributed by atoms with van der Waals surface area (Å²) in [6, 6.07) is 16.2. The first-order valence-electron chi connectivity index (χ1n) is 12.8. The monoisotopic (exact) mass is 485 g/mol. The number of ether oxygens (including phenoxy) is 1. The molecule has 8 nitrogen and oxygen atoms in total. The highest BCUT2D eigenvalue weighted by molar-refractivity contribution is 5.99. The van der Waals surface area contributed by atoms with Crippen LogP contribution < -0.4 is 15.8 Å². The molecule has 2 aromatic heterocycles. The highest BCUT2D eigenvalue weighted by Crippen LogP contribution is 2.34. The van der Waals surface area contributed by atoms with Gasteiger partial charge < -0.3 is 20.7 Å². The van der Waals surface area contributed by atoms with E-state index in [1.54, 1.807) is 11.8 Å². The highest BCUT2D eigenvalue weighted by Gasteiger charge is 2.20. The molecule has 0 atom stereocenters. The standard InChI is InChI=1S/C28H35N7O/c1-19(2)20-10-12-22(13-11-20)35-26(29)24-25(21-8-7-9-23(18-21)36-3)31-28(32-27(24)33-35)30-14-17-34-15-5-4-6-16-34/h7-13,18-19H,4-6,14-17,29H2,1-3H3,(H,30,32,33). The fourth-order valence-electron chi connectivity index (χ4n) is 4.78. The van der Waals surface area contributed by atoms with Crippen LogP contribution >= 0.6 is 0 Å². The first-order chi connectivity index (χ1) is 17.5. The predicted octanol–water partition coefficient (Wildman–Crippen LogP) is 5.09. The lowest BCUT2D eigenvalue weighted by molar-refractivity contribution is 0.237. The molecule has 188 valence electrons. The minimum atomic E-state index is 0.456. The lowest BCUT2D eigenvalue weighted by Gasteiger charge is -2.26. The molecule has 3 heterocycles. The van der Waals surface area contributed by atoms with E-state index in [1.807, 2.05) is 36.4 Å². The maximum absolute atomic E-state index is 6.69. The molecule has 0 amide bonds. The van der Waals surface area contributed by atoms with Crippen molar-refractivity contribution in [2.45, 2.75) is 39.0 Å². The van der Waals surface area contributed by atoms with Crippen LogP contribution in [0.3, 0.4) is 0 Å². The molecule has 3 N–H and O–H groups in total. The minimum absolute atomic E-state index is 0.456.